The Labute approximate surface area is 213 Å². The Balaban J connectivity index is 1.38. The van der Waals surface area contributed by atoms with Crippen LogP contribution >= 0.6 is 0 Å². The van der Waals surface area contributed by atoms with Crippen LogP contribution in [-0.4, -0.2) is 102 Å². The van der Waals surface area contributed by atoms with Crippen LogP contribution in [-0.2, 0) is 39.2 Å². The van der Waals surface area contributed by atoms with Crippen molar-refractivity contribution in [3.63, 3.8) is 0 Å². The smallest absolute Gasteiger partial charge is 0.338 e. The normalized spacial score (nSPS) is 50.1. The third kappa shape index (κ3) is 3.20. The molecule has 4 saturated heterocycles. The lowest BCUT2D eigenvalue weighted by Crippen LogP contribution is -2.79. The lowest BCUT2D eigenvalue weighted by molar-refractivity contribution is -0.394. The van der Waals surface area contributed by atoms with Crippen LogP contribution in [0, 0.1) is 11.3 Å². The van der Waals surface area contributed by atoms with Gasteiger partial charge in [-0.05, 0) is 25.5 Å². The lowest BCUT2D eigenvalue weighted by atomic mass is 9.41. The number of carbonyl (C=O) groups excluding carboxylic acids is 1. The summed E-state index contributed by atoms with van der Waals surface area (Å²) in [5.74, 6) is -3.15. The summed E-state index contributed by atoms with van der Waals surface area (Å²) in [6, 6.07) is 8.23. The second-order valence-corrected chi connectivity index (χ2v) is 11.0. The topological polar surface area (TPSA) is 191 Å². The monoisotopic (exact) mass is 544 g/mol. The van der Waals surface area contributed by atoms with Gasteiger partial charge in [0.15, 0.2) is 6.29 Å². The standard InChI is InChI=1S/C23H28O13S/c1-20-8-13-12-7-22(20,34-19-17(27)16(26)15(25)14(9-24)32-19)21(12,23(33-13,35-20)36-37(29)30)10-31-18(28)11-5-3-2-4-6-11/h2-6,12-17,19,24-27H,7-10H2,1H3,(H,29,30)/t12?,13-,14-,15-,16+,17-,19+,20+,21-,22+,23+/m0/s1. The molecule has 204 valence electrons. The van der Waals surface area contributed by atoms with Gasteiger partial charge in [-0.3, -0.25) is 4.55 Å². The zero-order chi connectivity index (χ0) is 26.4. The third-order valence-electron chi connectivity index (χ3n) is 8.75. The minimum atomic E-state index is -2.84. The fourth-order valence-corrected chi connectivity index (χ4v) is 7.50. The van der Waals surface area contributed by atoms with Gasteiger partial charge in [0.2, 0.25) is 0 Å². The summed E-state index contributed by atoms with van der Waals surface area (Å²) in [5.41, 5.74) is -3.80. The van der Waals surface area contributed by atoms with Crippen LogP contribution in [0.5, 0.6) is 0 Å². The van der Waals surface area contributed by atoms with E-state index in [1.165, 1.54) is 0 Å². The van der Waals surface area contributed by atoms with E-state index >= 15 is 0 Å². The zero-order valence-corrected chi connectivity index (χ0v) is 20.5. The van der Waals surface area contributed by atoms with Crippen LogP contribution in [0.4, 0.5) is 0 Å². The number of esters is 1. The van der Waals surface area contributed by atoms with Crippen molar-refractivity contribution in [1.29, 1.82) is 0 Å². The highest BCUT2D eigenvalue weighted by Crippen LogP contribution is 2.83. The molecule has 13 nitrogen and oxygen atoms in total. The van der Waals surface area contributed by atoms with Gasteiger partial charge in [-0.15, -0.1) is 0 Å². The number of carbonyl (C=O) groups is 1. The average molecular weight is 545 g/mol. The van der Waals surface area contributed by atoms with Gasteiger partial charge in [0.1, 0.15) is 47.6 Å². The number of hydrogen-bond donors (Lipinski definition) is 5. The van der Waals surface area contributed by atoms with Gasteiger partial charge in [-0.1, -0.05) is 18.2 Å². The van der Waals surface area contributed by atoms with Gasteiger partial charge in [0.05, 0.1) is 18.3 Å². The van der Waals surface area contributed by atoms with Gasteiger partial charge in [-0.25, -0.2) is 8.98 Å². The second kappa shape index (κ2) is 8.47. The molecule has 7 aliphatic rings. The third-order valence-corrected chi connectivity index (χ3v) is 9.12. The van der Waals surface area contributed by atoms with Crippen LogP contribution < -0.4 is 0 Å². The van der Waals surface area contributed by atoms with E-state index in [1.54, 1.807) is 37.3 Å². The molecule has 4 aliphatic heterocycles. The SMILES string of the molecule is C[C@]12C[C@@H]3O[C@@](OS(=O)O)(O1)[C@@]1(COC(=O)c4ccccc4)C3C[C@]12O[C@H]1O[C@@H](CO)[C@H](O)[C@@H](O)[C@@H]1O. The van der Waals surface area contributed by atoms with Crippen molar-refractivity contribution in [2.75, 3.05) is 13.2 Å². The van der Waals surface area contributed by atoms with Crippen molar-refractivity contribution in [3.05, 3.63) is 35.9 Å². The Bertz CT molecular complexity index is 1100. The number of aliphatic hydroxyl groups excluding tert-OH is 4. The molecular weight excluding hydrogens is 516 g/mol. The van der Waals surface area contributed by atoms with E-state index < -0.39 is 83.3 Å². The van der Waals surface area contributed by atoms with E-state index in [9.17, 15) is 34.0 Å². The first-order chi connectivity index (χ1) is 17.5. The maximum Gasteiger partial charge on any atom is 0.338 e. The molecule has 12 atom stereocenters. The van der Waals surface area contributed by atoms with E-state index in [1.807, 2.05) is 0 Å². The molecule has 14 heteroatoms. The number of benzene rings is 1. The Morgan fingerprint density at radius 2 is 1.86 bits per heavy atom. The molecule has 3 aliphatic carbocycles. The van der Waals surface area contributed by atoms with E-state index in [0.717, 1.165) is 0 Å². The molecule has 1 aromatic rings. The highest BCUT2D eigenvalue weighted by molar-refractivity contribution is 7.74. The van der Waals surface area contributed by atoms with Crippen molar-refractivity contribution in [2.24, 2.45) is 11.3 Å². The quantitative estimate of drug-likeness (QED) is 0.194. The molecule has 0 aromatic heterocycles. The van der Waals surface area contributed by atoms with Gasteiger partial charge in [0.25, 0.3) is 0 Å². The van der Waals surface area contributed by atoms with Gasteiger partial charge < -0.3 is 44.1 Å². The predicted octanol–water partition coefficient (Wildman–Crippen LogP) is -1.20. The maximum absolute atomic E-state index is 12.9. The number of aliphatic hydroxyl groups is 4. The lowest BCUT2D eigenvalue weighted by Gasteiger charge is -2.65. The summed E-state index contributed by atoms with van der Waals surface area (Å²) in [6.07, 6.45) is -7.64. The molecule has 5 N–H and O–H groups in total. The molecule has 1 aromatic carbocycles. The Morgan fingerprint density at radius 3 is 2.54 bits per heavy atom. The Hall–Kier alpha value is -1.56. The summed E-state index contributed by atoms with van der Waals surface area (Å²) in [7, 11) is 0. The van der Waals surface area contributed by atoms with E-state index in [2.05, 4.69) is 0 Å². The second-order valence-electron chi connectivity index (χ2n) is 10.4. The molecule has 8 rings (SSSR count). The summed E-state index contributed by atoms with van der Waals surface area (Å²) in [4.78, 5) is 12.9. The largest absolute Gasteiger partial charge is 0.461 e. The zero-order valence-electron chi connectivity index (χ0n) is 19.7. The van der Waals surface area contributed by atoms with Crippen LogP contribution in [0.25, 0.3) is 0 Å². The molecular formula is C23H28O13S. The molecule has 0 spiro atoms. The number of hydrogen-bond acceptors (Lipinski definition) is 12. The van der Waals surface area contributed by atoms with E-state index in [-0.39, 0.29) is 24.5 Å². The average Bonchev–Trinajstić information content (AvgIpc) is 3.04. The van der Waals surface area contributed by atoms with Gasteiger partial charge in [-0.2, -0.15) is 4.21 Å². The summed E-state index contributed by atoms with van der Waals surface area (Å²) >= 11 is -2.84. The van der Waals surface area contributed by atoms with Crippen LogP contribution in [0.2, 0.25) is 0 Å². The first kappa shape index (κ1) is 25.7. The first-order valence-corrected chi connectivity index (χ1v) is 13.0. The molecule has 4 heterocycles. The summed E-state index contributed by atoms with van der Waals surface area (Å²) in [6.45, 7) is 0.656. The number of ether oxygens (including phenoxy) is 5. The Morgan fingerprint density at radius 1 is 1.14 bits per heavy atom. The van der Waals surface area contributed by atoms with E-state index in [0.29, 0.717) is 6.42 Å². The van der Waals surface area contributed by atoms with Gasteiger partial charge >= 0.3 is 23.3 Å². The fraction of sp³-hybridized carbons (Fsp3) is 0.696. The molecule has 7 fully saturated rings. The first-order valence-electron chi connectivity index (χ1n) is 11.9. The minimum Gasteiger partial charge on any atom is -0.461 e. The van der Waals surface area contributed by atoms with Crippen molar-refractivity contribution in [1.82, 2.24) is 0 Å². The van der Waals surface area contributed by atoms with Crippen LogP contribution in [0.3, 0.4) is 0 Å². The molecule has 3 saturated carbocycles. The van der Waals surface area contributed by atoms with E-state index in [4.69, 9.17) is 27.9 Å². The fourth-order valence-electron chi connectivity index (χ4n) is 7.10. The molecule has 0 amide bonds. The summed E-state index contributed by atoms with van der Waals surface area (Å²) < 4.78 is 56.8. The van der Waals surface area contributed by atoms with Crippen LogP contribution in [0.1, 0.15) is 30.1 Å². The van der Waals surface area contributed by atoms with Crippen molar-refractivity contribution in [2.45, 2.75) is 73.8 Å². The van der Waals surface area contributed by atoms with Crippen molar-refractivity contribution >= 4 is 17.3 Å². The minimum absolute atomic E-state index is 0.273. The predicted molar refractivity (Wildman–Crippen MR) is 118 cm³/mol. The molecule has 6 bridgehead atoms. The summed E-state index contributed by atoms with van der Waals surface area (Å²) in [5, 5.41) is 40.8. The highest BCUT2D eigenvalue weighted by Gasteiger charge is 2.97. The number of rotatable bonds is 8. The van der Waals surface area contributed by atoms with Crippen molar-refractivity contribution < 1.29 is 61.8 Å². The van der Waals surface area contributed by atoms with Crippen LogP contribution in [0.15, 0.2) is 30.3 Å². The highest BCUT2D eigenvalue weighted by atomic mass is 32.2. The Kier molecular flexibility index (Phi) is 5.88. The molecule has 2 unspecified atom stereocenters. The molecule has 0 radical (unpaired) electrons. The van der Waals surface area contributed by atoms with Gasteiger partial charge in [0, 0.05) is 12.3 Å². The molecule has 37 heavy (non-hydrogen) atoms. The van der Waals surface area contributed by atoms with Crippen molar-refractivity contribution in [3.8, 4) is 0 Å². The maximum atomic E-state index is 12.9.